The van der Waals surface area contributed by atoms with Crippen molar-refractivity contribution in [3.63, 3.8) is 0 Å². The molecule has 3 aromatic rings. The number of aromatic nitrogens is 1. The summed E-state index contributed by atoms with van der Waals surface area (Å²) in [6.07, 6.45) is -0.311. The van der Waals surface area contributed by atoms with E-state index in [1.165, 1.54) is 13.0 Å². The fourth-order valence-electron chi connectivity index (χ4n) is 5.29. The van der Waals surface area contributed by atoms with Crippen molar-refractivity contribution < 1.29 is 37.1 Å². The van der Waals surface area contributed by atoms with Gasteiger partial charge in [0, 0.05) is 31.2 Å². The minimum atomic E-state index is -4.03. The number of aliphatic hydroxyl groups is 1. The van der Waals surface area contributed by atoms with Crippen LogP contribution in [-0.2, 0) is 16.6 Å². The molecule has 3 heterocycles. The lowest BCUT2D eigenvalue weighted by atomic mass is 9.99. The Bertz CT molecular complexity index is 1550. The van der Waals surface area contributed by atoms with Gasteiger partial charge in [-0.15, -0.1) is 0 Å². The third-order valence-electron chi connectivity index (χ3n) is 7.53. The van der Waals surface area contributed by atoms with Gasteiger partial charge < -0.3 is 28.7 Å². The smallest absolute Gasteiger partial charge is 0.267 e. The fraction of sp³-hybridized carbons (Fsp3) is 0.448. The number of carbonyl (C=O) groups is 1. The zero-order valence-corrected chi connectivity index (χ0v) is 25.1. The summed E-state index contributed by atoms with van der Waals surface area (Å²) >= 11 is 0. The largest absolute Gasteiger partial charge is 0.488 e. The summed E-state index contributed by atoms with van der Waals surface area (Å²) in [6, 6.07) is 10.0. The normalized spacial score (nSPS) is 19.2. The van der Waals surface area contributed by atoms with Crippen LogP contribution < -0.4 is 18.9 Å². The molecular weight excluding hydrogens is 564 g/mol. The first-order valence-electron chi connectivity index (χ1n) is 13.7. The van der Waals surface area contributed by atoms with E-state index in [4.69, 9.17) is 18.7 Å². The summed E-state index contributed by atoms with van der Waals surface area (Å²) < 4.78 is 51.2. The number of sulfonamides is 1. The molecule has 0 saturated carbocycles. The molecule has 0 saturated heterocycles. The summed E-state index contributed by atoms with van der Waals surface area (Å²) in [7, 11) is -2.04. The Morgan fingerprint density at radius 2 is 1.88 bits per heavy atom. The number of hydrogen-bond donors (Lipinski definition) is 2. The van der Waals surface area contributed by atoms with Crippen molar-refractivity contribution in [2.45, 2.75) is 51.3 Å². The highest BCUT2D eigenvalue weighted by molar-refractivity contribution is 7.92. The van der Waals surface area contributed by atoms with Crippen LogP contribution in [-0.4, -0.2) is 80.1 Å². The minimum absolute atomic E-state index is 0.0493. The number of aliphatic hydroxyl groups excluding tert-OH is 1. The Hall–Kier alpha value is -3.81. The van der Waals surface area contributed by atoms with Gasteiger partial charge in [-0.05, 0) is 63.7 Å². The first-order valence-corrected chi connectivity index (χ1v) is 15.2. The molecule has 42 heavy (non-hydrogen) atoms. The summed E-state index contributed by atoms with van der Waals surface area (Å²) in [5.74, 6) is 1.51. The lowest BCUT2D eigenvalue weighted by Crippen LogP contribution is -2.49. The monoisotopic (exact) mass is 600 g/mol. The second kappa shape index (κ2) is 11.8. The van der Waals surface area contributed by atoms with E-state index in [1.54, 1.807) is 30.9 Å². The zero-order chi connectivity index (χ0) is 30.2. The molecule has 0 fully saturated rings. The van der Waals surface area contributed by atoms with Crippen LogP contribution in [0.4, 0.5) is 5.69 Å². The zero-order valence-electron chi connectivity index (χ0n) is 24.3. The Balaban J connectivity index is 1.41. The molecule has 5 rings (SSSR count). The number of benzene rings is 2. The van der Waals surface area contributed by atoms with Crippen molar-refractivity contribution in [3.8, 4) is 17.2 Å². The third kappa shape index (κ3) is 6.03. The topological polar surface area (TPSA) is 144 Å². The Morgan fingerprint density at radius 1 is 1.14 bits per heavy atom. The van der Waals surface area contributed by atoms with E-state index in [0.29, 0.717) is 25.4 Å². The third-order valence-corrected chi connectivity index (χ3v) is 9.16. The van der Waals surface area contributed by atoms with Gasteiger partial charge in [0.05, 0.1) is 18.2 Å². The van der Waals surface area contributed by atoms with Crippen LogP contribution >= 0.6 is 0 Å². The number of anilines is 1. The van der Waals surface area contributed by atoms with Crippen LogP contribution in [0.5, 0.6) is 17.2 Å². The van der Waals surface area contributed by atoms with E-state index >= 15 is 0 Å². The number of nitrogens with zero attached hydrogens (tertiary/aromatic N) is 3. The molecule has 0 spiro atoms. The highest BCUT2D eigenvalue weighted by Crippen LogP contribution is 2.34. The highest BCUT2D eigenvalue weighted by Gasteiger charge is 2.34. The summed E-state index contributed by atoms with van der Waals surface area (Å²) in [6.45, 7) is 8.37. The average Bonchev–Trinajstić information content (AvgIpc) is 3.55. The maximum absolute atomic E-state index is 13.8. The molecule has 2 aliphatic heterocycles. The SMILES string of the molecule is Cc1noc(C)c1S(=O)(=O)Nc1ccc2c(c1)C(=O)N([C@H](C)CO)C[C@@H](C)[C@H](CN(C)Cc1ccc3c(c1)OCO3)O2. The lowest BCUT2D eigenvalue weighted by molar-refractivity contribution is 0.0341. The number of ether oxygens (including phenoxy) is 3. The highest BCUT2D eigenvalue weighted by atomic mass is 32.2. The van der Waals surface area contributed by atoms with Crippen molar-refractivity contribution in [1.29, 1.82) is 0 Å². The van der Waals surface area contributed by atoms with Crippen LogP contribution in [0.3, 0.4) is 0 Å². The van der Waals surface area contributed by atoms with E-state index in [9.17, 15) is 18.3 Å². The molecule has 2 N–H and O–H groups in total. The fourth-order valence-corrected chi connectivity index (χ4v) is 6.67. The van der Waals surface area contributed by atoms with Gasteiger partial charge in [0.25, 0.3) is 15.9 Å². The number of aryl methyl sites for hydroxylation is 2. The molecule has 1 amide bonds. The van der Waals surface area contributed by atoms with Gasteiger partial charge in [0.15, 0.2) is 22.2 Å². The molecule has 0 aliphatic carbocycles. The first kappa shape index (κ1) is 29.7. The number of amides is 1. The molecule has 2 aromatic carbocycles. The summed E-state index contributed by atoms with van der Waals surface area (Å²) in [4.78, 5) is 17.5. The standard InChI is InChI=1S/C29H36N4O8S/c1-17-12-33(18(2)15-34)29(35)23-11-22(31-42(36,37)28-19(3)30-41-20(28)4)7-9-24(23)40-27(17)14-32(5)13-21-6-8-25-26(10-21)39-16-38-25/h6-11,17-18,27,31,34H,12-16H2,1-5H3/t17-,18-,27+/m1/s1. The molecule has 2 aliphatic rings. The maximum atomic E-state index is 13.8. The van der Waals surface area contributed by atoms with Gasteiger partial charge >= 0.3 is 0 Å². The van der Waals surface area contributed by atoms with E-state index in [0.717, 1.165) is 17.1 Å². The molecule has 0 unspecified atom stereocenters. The Kier molecular flexibility index (Phi) is 8.35. The van der Waals surface area contributed by atoms with Crippen LogP contribution in [0.1, 0.15) is 41.2 Å². The Labute approximate surface area is 245 Å². The van der Waals surface area contributed by atoms with Crippen LogP contribution in [0, 0.1) is 19.8 Å². The van der Waals surface area contributed by atoms with Gasteiger partial charge in [0.1, 0.15) is 17.5 Å². The molecular formula is C29H36N4O8S. The lowest BCUT2D eigenvalue weighted by Gasteiger charge is -2.38. The Morgan fingerprint density at radius 3 is 2.60 bits per heavy atom. The van der Waals surface area contributed by atoms with Crippen molar-refractivity contribution in [2.75, 3.05) is 38.3 Å². The summed E-state index contributed by atoms with van der Waals surface area (Å²) in [5, 5.41) is 13.7. The molecule has 12 nitrogen and oxygen atoms in total. The molecule has 13 heteroatoms. The average molecular weight is 601 g/mol. The number of fused-ring (bicyclic) bond motifs is 2. The quantitative estimate of drug-likeness (QED) is 0.376. The van der Waals surface area contributed by atoms with Crippen molar-refractivity contribution in [3.05, 3.63) is 59.0 Å². The number of rotatable bonds is 9. The number of hydrogen-bond acceptors (Lipinski definition) is 10. The second-order valence-corrected chi connectivity index (χ2v) is 12.6. The maximum Gasteiger partial charge on any atom is 0.267 e. The first-order chi connectivity index (χ1) is 20.0. The molecule has 0 radical (unpaired) electrons. The number of carbonyl (C=O) groups excluding carboxylic acids is 1. The van der Waals surface area contributed by atoms with Gasteiger partial charge in [-0.25, -0.2) is 8.42 Å². The number of nitrogens with one attached hydrogen (secondary N) is 1. The van der Waals surface area contributed by atoms with Crippen LogP contribution in [0.25, 0.3) is 0 Å². The van der Waals surface area contributed by atoms with E-state index < -0.39 is 16.1 Å². The van der Waals surface area contributed by atoms with Gasteiger partial charge in [-0.2, -0.15) is 0 Å². The molecule has 3 atom stereocenters. The van der Waals surface area contributed by atoms with Crippen LogP contribution in [0.15, 0.2) is 45.8 Å². The van der Waals surface area contributed by atoms with E-state index in [1.807, 2.05) is 32.2 Å². The molecule has 226 valence electrons. The van der Waals surface area contributed by atoms with E-state index in [-0.39, 0.29) is 58.9 Å². The number of likely N-dealkylation sites (N-methyl/N-ethyl adjacent to an activating group) is 1. The molecule has 0 bridgehead atoms. The molecule has 1 aromatic heterocycles. The van der Waals surface area contributed by atoms with Gasteiger partial charge in [-0.1, -0.05) is 18.1 Å². The predicted molar refractivity (Wildman–Crippen MR) is 153 cm³/mol. The minimum Gasteiger partial charge on any atom is -0.488 e. The second-order valence-electron chi connectivity index (χ2n) is 11.0. The van der Waals surface area contributed by atoms with Gasteiger partial charge in [0.2, 0.25) is 6.79 Å². The van der Waals surface area contributed by atoms with Crippen molar-refractivity contribution >= 4 is 21.6 Å². The van der Waals surface area contributed by atoms with Crippen molar-refractivity contribution in [2.24, 2.45) is 5.92 Å². The van der Waals surface area contributed by atoms with Crippen LogP contribution in [0.2, 0.25) is 0 Å². The summed E-state index contributed by atoms with van der Waals surface area (Å²) in [5.41, 5.74) is 1.67. The van der Waals surface area contributed by atoms with Crippen molar-refractivity contribution in [1.82, 2.24) is 15.0 Å². The predicted octanol–water partition coefficient (Wildman–Crippen LogP) is 3.17. The van der Waals surface area contributed by atoms with Gasteiger partial charge in [-0.3, -0.25) is 14.4 Å². The van der Waals surface area contributed by atoms with E-state index in [2.05, 4.69) is 14.8 Å².